The van der Waals surface area contributed by atoms with Gasteiger partial charge < -0.3 is 20.7 Å². The Labute approximate surface area is 116 Å². The van der Waals surface area contributed by atoms with Crippen LogP contribution in [0.2, 0.25) is 0 Å². The lowest BCUT2D eigenvalue weighted by Gasteiger charge is -2.38. The Bertz CT molecular complexity index is 272. The van der Waals surface area contributed by atoms with Crippen LogP contribution in [0.3, 0.4) is 0 Å². The van der Waals surface area contributed by atoms with E-state index in [9.17, 15) is 4.79 Å². The second kappa shape index (κ2) is 7.82. The number of hydrogen-bond acceptors (Lipinski definition) is 4. The fraction of sp³-hybridized carbons (Fsp3) is 0.929. The molecular weight excluding hydrogens is 242 g/mol. The number of ether oxygens (including phenoxy) is 1. The molecule has 0 spiro atoms. The average molecular weight is 271 g/mol. The fourth-order valence-corrected chi connectivity index (χ4v) is 2.82. The van der Waals surface area contributed by atoms with Gasteiger partial charge in [0, 0.05) is 20.2 Å². The second-order valence-corrected chi connectivity index (χ2v) is 5.34. The number of nitrogens with zero attached hydrogens (tertiary/aromatic N) is 1. The Hall–Kier alpha value is -0.650. The van der Waals surface area contributed by atoms with Crippen LogP contribution in [0.5, 0.6) is 0 Å². The monoisotopic (exact) mass is 271 g/mol. The van der Waals surface area contributed by atoms with E-state index < -0.39 is 5.54 Å². The Balaban J connectivity index is 2.47. The predicted molar refractivity (Wildman–Crippen MR) is 77.0 cm³/mol. The SMILES string of the molecule is CCN(CC)CCNC1(C(N)=O)CCC(OC)CC1. The zero-order valence-corrected chi connectivity index (χ0v) is 12.6. The standard InChI is InChI=1S/C14H29N3O2/c1-4-17(5-2)11-10-16-14(13(15)18)8-6-12(19-3)7-9-14/h12,16H,4-11H2,1-3H3,(H2,15,18). The van der Waals surface area contributed by atoms with Gasteiger partial charge in [-0.25, -0.2) is 0 Å². The van der Waals surface area contributed by atoms with Crippen LogP contribution in [0.25, 0.3) is 0 Å². The molecule has 5 nitrogen and oxygen atoms in total. The minimum atomic E-state index is -0.526. The van der Waals surface area contributed by atoms with E-state index in [0.717, 1.165) is 51.9 Å². The van der Waals surface area contributed by atoms with E-state index in [1.54, 1.807) is 7.11 Å². The predicted octanol–water partition coefficient (Wildman–Crippen LogP) is 0.731. The number of amides is 1. The van der Waals surface area contributed by atoms with Crippen molar-refractivity contribution < 1.29 is 9.53 Å². The number of nitrogens with one attached hydrogen (secondary N) is 1. The van der Waals surface area contributed by atoms with E-state index in [0.29, 0.717) is 0 Å². The van der Waals surface area contributed by atoms with Gasteiger partial charge in [-0.1, -0.05) is 13.8 Å². The molecule has 0 aromatic heterocycles. The number of likely N-dealkylation sites (N-methyl/N-ethyl adjacent to an activating group) is 1. The van der Waals surface area contributed by atoms with E-state index in [-0.39, 0.29) is 12.0 Å². The van der Waals surface area contributed by atoms with Crippen molar-refractivity contribution in [2.75, 3.05) is 33.3 Å². The van der Waals surface area contributed by atoms with Gasteiger partial charge in [-0.15, -0.1) is 0 Å². The number of nitrogens with two attached hydrogens (primary N) is 1. The number of hydrogen-bond donors (Lipinski definition) is 2. The molecule has 1 rings (SSSR count). The summed E-state index contributed by atoms with van der Waals surface area (Å²) in [7, 11) is 1.73. The lowest BCUT2D eigenvalue weighted by atomic mass is 9.79. The van der Waals surface area contributed by atoms with Gasteiger partial charge in [-0.2, -0.15) is 0 Å². The van der Waals surface area contributed by atoms with Crippen LogP contribution in [0.1, 0.15) is 39.5 Å². The summed E-state index contributed by atoms with van der Waals surface area (Å²) in [6, 6.07) is 0. The zero-order valence-electron chi connectivity index (χ0n) is 12.6. The molecule has 3 N–H and O–H groups in total. The second-order valence-electron chi connectivity index (χ2n) is 5.34. The molecule has 0 radical (unpaired) electrons. The lowest BCUT2D eigenvalue weighted by molar-refractivity contribution is -0.127. The highest BCUT2D eigenvalue weighted by Crippen LogP contribution is 2.29. The molecule has 0 aromatic carbocycles. The number of carbonyl (C=O) groups is 1. The number of methoxy groups -OCH3 is 1. The molecule has 1 aliphatic rings. The van der Waals surface area contributed by atoms with Gasteiger partial charge in [0.15, 0.2) is 0 Å². The lowest BCUT2D eigenvalue weighted by Crippen LogP contribution is -2.59. The average Bonchev–Trinajstić information content (AvgIpc) is 2.44. The van der Waals surface area contributed by atoms with Crippen LogP contribution >= 0.6 is 0 Å². The van der Waals surface area contributed by atoms with Crippen molar-refractivity contribution in [2.24, 2.45) is 5.73 Å². The molecule has 0 unspecified atom stereocenters. The molecular formula is C14H29N3O2. The topological polar surface area (TPSA) is 67.6 Å². The summed E-state index contributed by atoms with van der Waals surface area (Å²) in [6.07, 6.45) is 3.63. The molecule has 1 aliphatic carbocycles. The van der Waals surface area contributed by atoms with Gasteiger partial charge in [0.25, 0.3) is 0 Å². The quantitative estimate of drug-likeness (QED) is 0.683. The third kappa shape index (κ3) is 4.44. The molecule has 1 amide bonds. The summed E-state index contributed by atoms with van der Waals surface area (Å²) in [6.45, 7) is 8.13. The van der Waals surface area contributed by atoms with Crippen LogP contribution in [0.15, 0.2) is 0 Å². The summed E-state index contributed by atoms with van der Waals surface area (Å²) in [4.78, 5) is 14.1. The highest BCUT2D eigenvalue weighted by molar-refractivity contribution is 5.84. The van der Waals surface area contributed by atoms with E-state index in [2.05, 4.69) is 24.1 Å². The summed E-state index contributed by atoms with van der Waals surface area (Å²) in [5.74, 6) is -0.221. The molecule has 0 heterocycles. The first kappa shape index (κ1) is 16.4. The number of carbonyl (C=O) groups excluding carboxylic acids is 1. The summed E-state index contributed by atoms with van der Waals surface area (Å²) in [5, 5.41) is 3.41. The van der Waals surface area contributed by atoms with Gasteiger partial charge in [-0.3, -0.25) is 4.79 Å². The molecule has 19 heavy (non-hydrogen) atoms. The highest BCUT2D eigenvalue weighted by atomic mass is 16.5. The van der Waals surface area contributed by atoms with E-state index in [4.69, 9.17) is 10.5 Å². The van der Waals surface area contributed by atoms with Gasteiger partial charge in [0.1, 0.15) is 0 Å². The molecule has 0 aromatic rings. The maximum Gasteiger partial charge on any atom is 0.237 e. The van der Waals surface area contributed by atoms with Crippen LogP contribution in [-0.2, 0) is 9.53 Å². The van der Waals surface area contributed by atoms with Crippen LogP contribution in [0.4, 0.5) is 0 Å². The summed E-state index contributed by atoms with van der Waals surface area (Å²) in [5.41, 5.74) is 5.09. The first-order chi connectivity index (χ1) is 9.07. The molecule has 0 saturated heterocycles. The number of rotatable bonds is 8. The Morgan fingerprint density at radius 3 is 2.37 bits per heavy atom. The van der Waals surface area contributed by atoms with Crippen molar-refractivity contribution in [3.63, 3.8) is 0 Å². The smallest absolute Gasteiger partial charge is 0.237 e. The molecule has 1 fully saturated rings. The first-order valence-corrected chi connectivity index (χ1v) is 7.38. The zero-order chi connectivity index (χ0) is 14.3. The molecule has 0 aliphatic heterocycles. The van der Waals surface area contributed by atoms with Crippen molar-refractivity contribution in [3.05, 3.63) is 0 Å². The maximum atomic E-state index is 11.8. The van der Waals surface area contributed by atoms with Gasteiger partial charge >= 0.3 is 0 Å². The van der Waals surface area contributed by atoms with Crippen LogP contribution in [0, 0.1) is 0 Å². The van der Waals surface area contributed by atoms with Crippen molar-refractivity contribution >= 4 is 5.91 Å². The van der Waals surface area contributed by atoms with Gasteiger partial charge in [0.05, 0.1) is 11.6 Å². The van der Waals surface area contributed by atoms with E-state index in [1.807, 2.05) is 0 Å². The molecule has 5 heteroatoms. The molecule has 0 bridgehead atoms. The summed E-state index contributed by atoms with van der Waals surface area (Å²) < 4.78 is 5.35. The van der Waals surface area contributed by atoms with Gasteiger partial charge in [-0.05, 0) is 38.8 Å². The fourth-order valence-electron chi connectivity index (χ4n) is 2.82. The van der Waals surface area contributed by atoms with Crippen molar-refractivity contribution in [1.29, 1.82) is 0 Å². The first-order valence-electron chi connectivity index (χ1n) is 7.38. The van der Waals surface area contributed by atoms with Gasteiger partial charge in [0.2, 0.25) is 5.91 Å². The van der Waals surface area contributed by atoms with Crippen LogP contribution in [-0.4, -0.2) is 55.7 Å². The van der Waals surface area contributed by atoms with E-state index >= 15 is 0 Å². The Morgan fingerprint density at radius 2 is 1.95 bits per heavy atom. The molecule has 0 atom stereocenters. The Morgan fingerprint density at radius 1 is 1.37 bits per heavy atom. The largest absolute Gasteiger partial charge is 0.381 e. The Kier molecular flexibility index (Phi) is 6.75. The molecule has 112 valence electrons. The minimum absolute atomic E-state index is 0.221. The van der Waals surface area contributed by atoms with Crippen molar-refractivity contribution in [2.45, 2.75) is 51.2 Å². The highest BCUT2D eigenvalue weighted by Gasteiger charge is 2.39. The molecule has 1 saturated carbocycles. The van der Waals surface area contributed by atoms with Crippen LogP contribution < -0.4 is 11.1 Å². The van der Waals surface area contributed by atoms with Crippen molar-refractivity contribution in [1.82, 2.24) is 10.2 Å². The van der Waals surface area contributed by atoms with Crippen molar-refractivity contribution in [3.8, 4) is 0 Å². The third-order valence-electron chi connectivity index (χ3n) is 4.38. The minimum Gasteiger partial charge on any atom is -0.381 e. The maximum absolute atomic E-state index is 11.8. The van der Waals surface area contributed by atoms with E-state index in [1.165, 1.54) is 0 Å². The number of primary amides is 1. The normalized spacial score (nSPS) is 27.7. The third-order valence-corrected chi connectivity index (χ3v) is 4.38. The summed E-state index contributed by atoms with van der Waals surface area (Å²) >= 11 is 0.